The number of rotatable bonds is 5. The lowest BCUT2D eigenvalue weighted by Crippen LogP contribution is -2.35. The molecule has 0 saturated heterocycles. The maximum atomic E-state index is 12.9. The van der Waals surface area contributed by atoms with E-state index < -0.39 is 23.5 Å². The highest BCUT2D eigenvalue weighted by Gasteiger charge is 2.26. The molecule has 0 aliphatic heterocycles. The Balaban J connectivity index is 1.52. The second-order valence-corrected chi connectivity index (χ2v) is 9.07. The molecule has 35 heavy (non-hydrogen) atoms. The molecule has 0 spiro atoms. The van der Waals surface area contributed by atoms with Crippen molar-refractivity contribution in [1.82, 2.24) is 5.32 Å². The summed E-state index contributed by atoms with van der Waals surface area (Å²) in [5.41, 5.74) is 3.58. The molecule has 5 rings (SSSR count). The predicted molar refractivity (Wildman–Crippen MR) is 129 cm³/mol. The zero-order valence-corrected chi connectivity index (χ0v) is 19.4. The largest absolute Gasteiger partial charge is 0.508 e. The van der Waals surface area contributed by atoms with Gasteiger partial charge in [0.2, 0.25) is 5.91 Å². The molecule has 1 aliphatic rings. The number of furan rings is 1. The molecule has 1 unspecified atom stereocenters. The second kappa shape index (κ2) is 8.61. The van der Waals surface area contributed by atoms with E-state index in [1.807, 2.05) is 13.0 Å². The van der Waals surface area contributed by atoms with Crippen LogP contribution in [-0.4, -0.2) is 22.1 Å². The highest BCUT2D eigenvalue weighted by molar-refractivity contribution is 6.00. The third-order valence-corrected chi connectivity index (χ3v) is 6.84. The second-order valence-electron chi connectivity index (χ2n) is 9.07. The smallest absolute Gasteiger partial charge is 0.340 e. The summed E-state index contributed by atoms with van der Waals surface area (Å²) in [6, 6.07) is 6.18. The van der Waals surface area contributed by atoms with Gasteiger partial charge in [0, 0.05) is 28.3 Å². The molecule has 1 atom stereocenters. The van der Waals surface area contributed by atoms with E-state index in [4.69, 9.17) is 8.83 Å². The van der Waals surface area contributed by atoms with Crippen molar-refractivity contribution in [2.24, 2.45) is 0 Å². The molecule has 2 aromatic carbocycles. The molecular formula is C27H25NO7. The number of carboxylic acids is 1. The van der Waals surface area contributed by atoms with E-state index >= 15 is 0 Å². The Morgan fingerprint density at radius 2 is 1.69 bits per heavy atom. The van der Waals surface area contributed by atoms with Gasteiger partial charge >= 0.3 is 11.6 Å². The van der Waals surface area contributed by atoms with E-state index in [0.29, 0.717) is 16.7 Å². The van der Waals surface area contributed by atoms with Crippen molar-refractivity contribution in [3.8, 4) is 5.75 Å². The topological polar surface area (TPSA) is 130 Å². The summed E-state index contributed by atoms with van der Waals surface area (Å²) >= 11 is 0. The van der Waals surface area contributed by atoms with Crippen molar-refractivity contribution in [3.63, 3.8) is 0 Å². The van der Waals surface area contributed by atoms with Gasteiger partial charge in [0.05, 0.1) is 12.0 Å². The van der Waals surface area contributed by atoms with Crippen LogP contribution in [0.3, 0.4) is 0 Å². The molecule has 8 heteroatoms. The van der Waals surface area contributed by atoms with Crippen molar-refractivity contribution >= 4 is 33.8 Å². The Morgan fingerprint density at radius 3 is 2.40 bits per heavy atom. The number of fused-ring (bicyclic) bond motifs is 4. The summed E-state index contributed by atoms with van der Waals surface area (Å²) in [6.07, 6.45) is 3.68. The third-order valence-electron chi connectivity index (χ3n) is 6.84. The molecule has 0 saturated carbocycles. The zero-order chi connectivity index (χ0) is 24.9. The van der Waals surface area contributed by atoms with Crippen molar-refractivity contribution in [3.05, 3.63) is 74.3 Å². The van der Waals surface area contributed by atoms with Gasteiger partial charge < -0.3 is 24.4 Å². The number of hydrogen-bond acceptors (Lipinski definition) is 6. The molecule has 0 fully saturated rings. The van der Waals surface area contributed by atoms with Gasteiger partial charge in [0.15, 0.2) is 6.04 Å². The molecule has 4 aromatic rings. The number of aryl methyl sites for hydroxylation is 4. The number of phenolic OH excluding ortho intramolecular Hbond substituents is 1. The molecule has 0 bridgehead atoms. The minimum atomic E-state index is -1.32. The quantitative estimate of drug-likeness (QED) is 0.368. The van der Waals surface area contributed by atoms with Gasteiger partial charge in [0.25, 0.3) is 0 Å². The average molecular weight is 475 g/mol. The summed E-state index contributed by atoms with van der Waals surface area (Å²) in [7, 11) is 0. The lowest BCUT2D eigenvalue weighted by Gasteiger charge is -2.16. The molecule has 1 amide bonds. The fraction of sp³-hybridized carbons (Fsp3) is 0.296. The average Bonchev–Trinajstić information content (AvgIpc) is 3.21. The van der Waals surface area contributed by atoms with E-state index in [1.54, 1.807) is 6.92 Å². The number of carboxylic acid groups (broad SMARTS) is 1. The standard InChI is InChI=1S/C27H25NO7/c1-13-18-11-20-17-5-3-4-6-21(17)34-25(20)14(2)24(18)35-27(33)19(13)12-22(30)28-23(26(31)32)15-7-9-16(29)10-8-15/h7-11,23,29H,3-6,12H2,1-2H3,(H,28,30)(H,31,32). The number of amides is 1. The van der Waals surface area contributed by atoms with Crippen molar-refractivity contribution in [1.29, 1.82) is 0 Å². The van der Waals surface area contributed by atoms with Crippen LogP contribution >= 0.6 is 0 Å². The Hall–Kier alpha value is -4.07. The maximum absolute atomic E-state index is 12.9. The normalized spacial score (nSPS) is 14.1. The van der Waals surface area contributed by atoms with Gasteiger partial charge in [-0.1, -0.05) is 12.1 Å². The predicted octanol–water partition coefficient (Wildman–Crippen LogP) is 4.23. The van der Waals surface area contributed by atoms with Gasteiger partial charge in [-0.2, -0.15) is 0 Å². The first-order valence-electron chi connectivity index (χ1n) is 11.6. The number of aliphatic carboxylic acids is 1. The van der Waals surface area contributed by atoms with E-state index in [0.717, 1.165) is 53.4 Å². The molecule has 1 aliphatic carbocycles. The van der Waals surface area contributed by atoms with Gasteiger partial charge in [-0.15, -0.1) is 0 Å². The highest BCUT2D eigenvalue weighted by atomic mass is 16.4. The van der Waals surface area contributed by atoms with Crippen LogP contribution in [0.25, 0.3) is 21.9 Å². The first-order chi connectivity index (χ1) is 16.7. The fourth-order valence-electron chi connectivity index (χ4n) is 4.95. The van der Waals surface area contributed by atoms with Crippen molar-refractivity contribution in [2.45, 2.75) is 52.0 Å². The highest BCUT2D eigenvalue weighted by Crippen LogP contribution is 2.38. The summed E-state index contributed by atoms with van der Waals surface area (Å²) < 4.78 is 11.8. The Bertz CT molecular complexity index is 1540. The SMILES string of the molecule is Cc1c(CC(=O)NC(C(=O)O)c2ccc(O)cc2)c(=O)oc2c(C)c3oc4c(c3cc12)CCCC4. The summed E-state index contributed by atoms with van der Waals surface area (Å²) in [5.74, 6) is -0.914. The molecule has 8 nitrogen and oxygen atoms in total. The number of carbonyl (C=O) groups excluding carboxylic acids is 1. The molecule has 2 aromatic heterocycles. The molecule has 180 valence electrons. The number of carbonyl (C=O) groups is 2. The summed E-state index contributed by atoms with van der Waals surface area (Å²) in [5, 5.41) is 23.3. The summed E-state index contributed by atoms with van der Waals surface area (Å²) in [6.45, 7) is 3.64. The number of phenols is 1. The number of aromatic hydroxyl groups is 1. The lowest BCUT2D eigenvalue weighted by atomic mass is 9.93. The number of hydrogen-bond donors (Lipinski definition) is 3. The van der Waals surface area contributed by atoms with E-state index in [-0.39, 0.29) is 17.7 Å². The monoisotopic (exact) mass is 475 g/mol. The van der Waals surface area contributed by atoms with Crippen LogP contribution in [0.1, 0.15) is 52.5 Å². The van der Waals surface area contributed by atoms with Crippen molar-refractivity contribution in [2.75, 3.05) is 0 Å². The molecule has 0 radical (unpaired) electrons. The van der Waals surface area contributed by atoms with Crippen LogP contribution in [0.5, 0.6) is 5.75 Å². The minimum Gasteiger partial charge on any atom is -0.508 e. The van der Waals surface area contributed by atoms with Crippen LogP contribution < -0.4 is 10.9 Å². The lowest BCUT2D eigenvalue weighted by molar-refractivity contribution is -0.142. The Morgan fingerprint density at radius 1 is 1.00 bits per heavy atom. The van der Waals surface area contributed by atoms with Crippen LogP contribution in [0, 0.1) is 13.8 Å². The summed E-state index contributed by atoms with van der Waals surface area (Å²) in [4.78, 5) is 37.5. The van der Waals surface area contributed by atoms with E-state index in [9.17, 15) is 24.6 Å². The van der Waals surface area contributed by atoms with Gasteiger partial charge in [0.1, 0.15) is 22.7 Å². The van der Waals surface area contributed by atoms with Crippen LogP contribution in [0.4, 0.5) is 0 Å². The van der Waals surface area contributed by atoms with Gasteiger partial charge in [-0.05, 0) is 62.4 Å². The third kappa shape index (κ3) is 3.95. The van der Waals surface area contributed by atoms with Crippen LogP contribution in [-0.2, 0) is 28.9 Å². The van der Waals surface area contributed by atoms with E-state index in [2.05, 4.69) is 5.32 Å². The maximum Gasteiger partial charge on any atom is 0.340 e. The molecular weight excluding hydrogens is 450 g/mol. The fourth-order valence-corrected chi connectivity index (χ4v) is 4.95. The van der Waals surface area contributed by atoms with Gasteiger partial charge in [-0.25, -0.2) is 9.59 Å². The van der Waals surface area contributed by atoms with Crippen molar-refractivity contribution < 1.29 is 28.6 Å². The Kier molecular flexibility index (Phi) is 5.59. The zero-order valence-electron chi connectivity index (χ0n) is 19.4. The first-order valence-corrected chi connectivity index (χ1v) is 11.6. The van der Waals surface area contributed by atoms with E-state index in [1.165, 1.54) is 29.8 Å². The molecule has 3 N–H and O–H groups in total. The minimum absolute atomic E-state index is 0.0168. The number of benzene rings is 2. The Labute approximate surface area is 200 Å². The van der Waals surface area contributed by atoms with Crippen LogP contribution in [0.15, 0.2) is 44.0 Å². The van der Waals surface area contributed by atoms with Gasteiger partial charge in [-0.3, -0.25) is 4.79 Å². The van der Waals surface area contributed by atoms with Crippen LogP contribution in [0.2, 0.25) is 0 Å². The number of nitrogens with one attached hydrogen (secondary N) is 1. The first kappa shape index (κ1) is 22.7. The molecule has 2 heterocycles.